The molecule has 224 valence electrons. The summed E-state index contributed by atoms with van der Waals surface area (Å²) in [5.74, 6) is -1.82. The minimum atomic E-state index is -4.37. The molecule has 0 fully saturated rings. The molecule has 0 unspecified atom stereocenters. The van der Waals surface area contributed by atoms with Crippen molar-refractivity contribution in [2.24, 2.45) is 0 Å². The van der Waals surface area contributed by atoms with Crippen LogP contribution in [0.15, 0.2) is 119 Å². The third-order valence-electron chi connectivity index (χ3n) is 6.79. The topological polar surface area (TPSA) is 86.8 Å². The maximum absolute atomic E-state index is 15.1. The number of para-hydroxylation sites is 1. The molecule has 0 aliphatic heterocycles. The lowest BCUT2D eigenvalue weighted by Gasteiger charge is -2.34. The van der Waals surface area contributed by atoms with Crippen molar-refractivity contribution in [3.05, 3.63) is 131 Å². The second-order valence-electron chi connectivity index (χ2n) is 9.92. The van der Waals surface area contributed by atoms with E-state index in [9.17, 15) is 18.0 Å². The van der Waals surface area contributed by atoms with Crippen LogP contribution in [0.25, 0.3) is 0 Å². The summed E-state index contributed by atoms with van der Waals surface area (Å²) in [6, 6.07) is 28.6. The number of nitrogens with one attached hydrogen (secondary N) is 1. The molecule has 1 atom stereocenters. The van der Waals surface area contributed by atoms with Crippen molar-refractivity contribution < 1.29 is 22.4 Å². The molecule has 0 aliphatic carbocycles. The van der Waals surface area contributed by atoms with Gasteiger partial charge in [-0.2, -0.15) is 0 Å². The summed E-state index contributed by atoms with van der Waals surface area (Å²) in [7, 11) is -4.37. The molecule has 4 aromatic rings. The zero-order valence-corrected chi connectivity index (χ0v) is 26.1. The number of sulfonamides is 1. The first-order valence-corrected chi connectivity index (χ1v) is 16.1. The van der Waals surface area contributed by atoms with Gasteiger partial charge in [-0.25, -0.2) is 12.8 Å². The highest BCUT2D eigenvalue weighted by atomic mass is 79.9. The molecule has 0 aliphatic rings. The van der Waals surface area contributed by atoms with Gasteiger partial charge in [-0.05, 0) is 53.9 Å². The van der Waals surface area contributed by atoms with Crippen molar-refractivity contribution in [3.8, 4) is 0 Å². The van der Waals surface area contributed by atoms with Gasteiger partial charge in [0.2, 0.25) is 11.8 Å². The monoisotopic (exact) mass is 665 g/mol. The summed E-state index contributed by atoms with van der Waals surface area (Å²) in [5.41, 5.74) is 1.29. The molecule has 10 heteroatoms. The lowest BCUT2D eigenvalue weighted by atomic mass is 10.0. The second-order valence-corrected chi connectivity index (χ2v) is 12.7. The number of hydrogen-bond donors (Lipinski definition) is 1. The standard InChI is InChI=1S/C33H33BrFN3O4S/c1-2-20-36-33(40)31(22-25-12-5-3-6-13-25)37(23-26-14-11-15-27(34)21-26)32(39)24-38(30-19-10-9-18-29(30)35)43(41,42)28-16-7-4-8-17-28/h3-19,21,31H,2,20,22-24H2,1H3,(H,36,40)/t31-/m0/s1. The highest BCUT2D eigenvalue weighted by molar-refractivity contribution is 9.10. The van der Waals surface area contributed by atoms with Gasteiger partial charge in [-0.3, -0.25) is 13.9 Å². The van der Waals surface area contributed by atoms with Gasteiger partial charge in [0.15, 0.2) is 0 Å². The van der Waals surface area contributed by atoms with E-state index in [1.807, 2.05) is 61.5 Å². The predicted molar refractivity (Wildman–Crippen MR) is 169 cm³/mol. The Hall–Kier alpha value is -4.02. The average molecular weight is 667 g/mol. The van der Waals surface area contributed by atoms with Crippen LogP contribution in [0.5, 0.6) is 0 Å². The molecule has 4 aromatic carbocycles. The first kappa shape index (κ1) is 31.9. The minimum absolute atomic E-state index is 0.0197. The van der Waals surface area contributed by atoms with E-state index in [0.717, 1.165) is 26.0 Å². The molecule has 0 bridgehead atoms. The number of carbonyl (C=O) groups excluding carboxylic acids is 2. The SMILES string of the molecule is CCCNC(=O)[C@H](Cc1ccccc1)N(Cc1cccc(Br)c1)C(=O)CN(c1ccccc1F)S(=O)(=O)c1ccccc1. The molecule has 0 radical (unpaired) electrons. The maximum Gasteiger partial charge on any atom is 0.264 e. The van der Waals surface area contributed by atoms with E-state index in [1.54, 1.807) is 18.2 Å². The molecule has 0 spiro atoms. The van der Waals surface area contributed by atoms with Crippen LogP contribution in [0.3, 0.4) is 0 Å². The van der Waals surface area contributed by atoms with Gasteiger partial charge in [-0.1, -0.05) is 95.7 Å². The van der Waals surface area contributed by atoms with Gasteiger partial charge >= 0.3 is 0 Å². The molecule has 0 saturated heterocycles. The summed E-state index contributed by atoms with van der Waals surface area (Å²) in [4.78, 5) is 29.2. The third kappa shape index (κ3) is 8.30. The van der Waals surface area contributed by atoms with Crippen molar-refractivity contribution in [2.45, 2.75) is 37.2 Å². The van der Waals surface area contributed by atoms with Gasteiger partial charge in [0, 0.05) is 24.0 Å². The number of rotatable bonds is 13. The Morgan fingerprint density at radius 2 is 1.49 bits per heavy atom. The van der Waals surface area contributed by atoms with Gasteiger partial charge in [0.25, 0.3) is 10.0 Å². The molecule has 1 N–H and O–H groups in total. The van der Waals surface area contributed by atoms with E-state index in [4.69, 9.17) is 0 Å². The van der Waals surface area contributed by atoms with Crippen LogP contribution in [0.2, 0.25) is 0 Å². The van der Waals surface area contributed by atoms with Crippen LogP contribution in [-0.2, 0) is 32.6 Å². The fraction of sp³-hybridized carbons (Fsp3) is 0.212. The normalized spacial score (nSPS) is 11.9. The molecular formula is C33H33BrFN3O4S. The van der Waals surface area contributed by atoms with Crippen LogP contribution >= 0.6 is 15.9 Å². The molecule has 7 nitrogen and oxygen atoms in total. The number of carbonyl (C=O) groups is 2. The Morgan fingerprint density at radius 1 is 0.860 bits per heavy atom. The van der Waals surface area contributed by atoms with E-state index in [-0.39, 0.29) is 29.5 Å². The molecule has 0 saturated carbocycles. The van der Waals surface area contributed by atoms with Crippen molar-refractivity contribution in [3.63, 3.8) is 0 Å². The summed E-state index contributed by atoms with van der Waals surface area (Å²) in [5, 5.41) is 2.90. The van der Waals surface area contributed by atoms with Gasteiger partial charge < -0.3 is 10.2 Å². The first-order chi connectivity index (χ1) is 20.7. The molecular weight excluding hydrogens is 633 g/mol. The summed E-state index contributed by atoms with van der Waals surface area (Å²) < 4.78 is 44.5. The quantitative estimate of drug-likeness (QED) is 0.191. The van der Waals surface area contributed by atoms with Crippen molar-refractivity contribution in [2.75, 3.05) is 17.4 Å². The zero-order valence-electron chi connectivity index (χ0n) is 23.7. The number of hydrogen-bond acceptors (Lipinski definition) is 4. The van der Waals surface area contributed by atoms with Gasteiger partial charge in [0.05, 0.1) is 10.6 Å². The maximum atomic E-state index is 15.1. The second kappa shape index (κ2) is 14.9. The fourth-order valence-electron chi connectivity index (χ4n) is 4.64. The first-order valence-electron chi connectivity index (χ1n) is 13.9. The smallest absolute Gasteiger partial charge is 0.264 e. The lowest BCUT2D eigenvalue weighted by molar-refractivity contribution is -0.140. The highest BCUT2D eigenvalue weighted by Gasteiger charge is 2.35. The number of nitrogens with zero attached hydrogens (tertiary/aromatic N) is 2. The zero-order chi connectivity index (χ0) is 30.8. The molecule has 0 aromatic heterocycles. The highest BCUT2D eigenvalue weighted by Crippen LogP contribution is 2.27. The van der Waals surface area contributed by atoms with Crippen LogP contribution in [0.1, 0.15) is 24.5 Å². The van der Waals surface area contributed by atoms with Crippen LogP contribution in [0, 0.1) is 5.82 Å². The molecule has 43 heavy (non-hydrogen) atoms. The van der Waals surface area contributed by atoms with E-state index >= 15 is 4.39 Å². The van der Waals surface area contributed by atoms with Gasteiger partial charge in [-0.15, -0.1) is 0 Å². The Kier molecular flexibility index (Phi) is 11.1. The molecule has 2 amide bonds. The van der Waals surface area contributed by atoms with E-state index in [0.29, 0.717) is 13.0 Å². The number of halogens is 2. The summed E-state index contributed by atoms with van der Waals surface area (Å²) in [6.07, 6.45) is 0.890. The van der Waals surface area contributed by atoms with E-state index < -0.39 is 34.3 Å². The lowest BCUT2D eigenvalue weighted by Crippen LogP contribution is -2.53. The summed E-state index contributed by atoms with van der Waals surface area (Å²) >= 11 is 3.46. The molecule has 0 heterocycles. The largest absolute Gasteiger partial charge is 0.354 e. The Labute approximate surface area is 260 Å². The Balaban J connectivity index is 1.80. The van der Waals surface area contributed by atoms with Crippen LogP contribution < -0.4 is 9.62 Å². The predicted octanol–water partition coefficient (Wildman–Crippen LogP) is 5.95. The van der Waals surface area contributed by atoms with Crippen molar-refractivity contribution in [1.29, 1.82) is 0 Å². The Morgan fingerprint density at radius 3 is 2.14 bits per heavy atom. The molecule has 4 rings (SSSR count). The van der Waals surface area contributed by atoms with Crippen molar-refractivity contribution >= 4 is 43.5 Å². The van der Waals surface area contributed by atoms with E-state index in [2.05, 4.69) is 21.2 Å². The average Bonchev–Trinajstić information content (AvgIpc) is 3.01. The number of amides is 2. The fourth-order valence-corrected chi connectivity index (χ4v) is 6.53. The van der Waals surface area contributed by atoms with Crippen LogP contribution in [0.4, 0.5) is 10.1 Å². The minimum Gasteiger partial charge on any atom is -0.354 e. The third-order valence-corrected chi connectivity index (χ3v) is 9.06. The van der Waals surface area contributed by atoms with Crippen LogP contribution in [-0.4, -0.2) is 44.3 Å². The van der Waals surface area contributed by atoms with Gasteiger partial charge in [0.1, 0.15) is 18.4 Å². The Bertz CT molecular complexity index is 1640. The van der Waals surface area contributed by atoms with Crippen molar-refractivity contribution in [1.82, 2.24) is 10.2 Å². The number of benzene rings is 4. The summed E-state index contributed by atoms with van der Waals surface area (Å²) in [6.45, 7) is 1.63. The van der Waals surface area contributed by atoms with E-state index in [1.165, 1.54) is 35.2 Å². The number of anilines is 1.